The first-order chi connectivity index (χ1) is 10.1. The van der Waals surface area contributed by atoms with Gasteiger partial charge < -0.3 is 10.0 Å². The fraction of sp³-hybridized carbons (Fsp3) is 0.588. The number of aliphatic hydroxyl groups excluding tert-OH is 1. The van der Waals surface area contributed by atoms with Crippen molar-refractivity contribution in [3.05, 3.63) is 34.9 Å². The van der Waals surface area contributed by atoms with E-state index in [2.05, 4.69) is 0 Å². The summed E-state index contributed by atoms with van der Waals surface area (Å²) in [6.07, 6.45) is 5.20. The summed E-state index contributed by atoms with van der Waals surface area (Å²) >= 11 is 5.98. The predicted molar refractivity (Wildman–Crippen MR) is 83.4 cm³/mol. The SMILES string of the molecule is O=C(N1CCC(O)CC1)C1(c2ccc(Cl)cc2)CCCC1. The molecule has 0 atom stereocenters. The maximum atomic E-state index is 13.1. The summed E-state index contributed by atoms with van der Waals surface area (Å²) in [6, 6.07) is 7.77. The minimum atomic E-state index is -0.368. The highest BCUT2D eigenvalue weighted by Gasteiger charge is 2.45. The number of hydrogen-bond donors (Lipinski definition) is 1. The largest absolute Gasteiger partial charge is 0.393 e. The average molecular weight is 308 g/mol. The summed E-state index contributed by atoms with van der Waals surface area (Å²) in [7, 11) is 0. The van der Waals surface area contributed by atoms with E-state index in [1.54, 1.807) is 0 Å². The fourth-order valence-corrected chi connectivity index (χ4v) is 3.87. The number of nitrogens with zero attached hydrogens (tertiary/aromatic N) is 1. The third-order valence-corrected chi connectivity index (χ3v) is 5.27. The van der Waals surface area contributed by atoms with Crippen LogP contribution in [0.1, 0.15) is 44.1 Å². The lowest BCUT2D eigenvalue weighted by Gasteiger charge is -2.38. The first-order valence-electron chi connectivity index (χ1n) is 7.85. The van der Waals surface area contributed by atoms with Crippen LogP contribution in [0.4, 0.5) is 0 Å². The quantitative estimate of drug-likeness (QED) is 0.912. The smallest absolute Gasteiger partial charge is 0.233 e. The molecule has 1 aliphatic carbocycles. The lowest BCUT2D eigenvalue weighted by atomic mass is 9.77. The van der Waals surface area contributed by atoms with Gasteiger partial charge in [-0.3, -0.25) is 4.79 Å². The average Bonchev–Trinajstić information content (AvgIpc) is 2.99. The Balaban J connectivity index is 1.86. The summed E-state index contributed by atoms with van der Waals surface area (Å²) < 4.78 is 0. The normalized spacial score (nSPS) is 22.5. The van der Waals surface area contributed by atoms with Crippen LogP contribution in [0.25, 0.3) is 0 Å². The van der Waals surface area contributed by atoms with Gasteiger partial charge in [0.25, 0.3) is 0 Å². The first-order valence-corrected chi connectivity index (χ1v) is 8.23. The number of halogens is 1. The Hall–Kier alpha value is -1.06. The second-order valence-corrected chi connectivity index (χ2v) is 6.76. The molecule has 1 aromatic carbocycles. The fourth-order valence-electron chi connectivity index (χ4n) is 3.75. The molecule has 0 aromatic heterocycles. The maximum absolute atomic E-state index is 13.1. The molecule has 1 aromatic rings. The van der Waals surface area contributed by atoms with E-state index in [1.807, 2.05) is 29.2 Å². The van der Waals surface area contributed by atoms with E-state index in [0.717, 1.165) is 31.2 Å². The molecule has 2 aliphatic rings. The Morgan fingerprint density at radius 1 is 1.14 bits per heavy atom. The monoisotopic (exact) mass is 307 g/mol. The summed E-state index contributed by atoms with van der Waals surface area (Å²) in [5.74, 6) is 0.245. The Morgan fingerprint density at radius 3 is 2.29 bits per heavy atom. The topological polar surface area (TPSA) is 40.5 Å². The van der Waals surface area contributed by atoms with Crippen LogP contribution in [0.3, 0.4) is 0 Å². The van der Waals surface area contributed by atoms with Crippen LogP contribution < -0.4 is 0 Å². The van der Waals surface area contributed by atoms with E-state index < -0.39 is 0 Å². The number of hydrogen-bond acceptors (Lipinski definition) is 2. The lowest BCUT2D eigenvalue weighted by molar-refractivity contribution is -0.139. The minimum Gasteiger partial charge on any atom is -0.393 e. The second kappa shape index (κ2) is 5.98. The van der Waals surface area contributed by atoms with Crippen molar-refractivity contribution in [3.63, 3.8) is 0 Å². The van der Waals surface area contributed by atoms with Gasteiger partial charge in [-0.15, -0.1) is 0 Å². The zero-order valence-electron chi connectivity index (χ0n) is 12.2. The van der Waals surface area contributed by atoms with Crippen LogP contribution in [-0.2, 0) is 10.2 Å². The highest BCUT2D eigenvalue weighted by molar-refractivity contribution is 6.30. The van der Waals surface area contributed by atoms with Crippen molar-refractivity contribution < 1.29 is 9.90 Å². The van der Waals surface area contributed by atoms with Crippen molar-refractivity contribution >= 4 is 17.5 Å². The first kappa shape index (κ1) is 14.9. The molecular weight excluding hydrogens is 286 g/mol. The van der Waals surface area contributed by atoms with Crippen molar-refractivity contribution in [2.75, 3.05) is 13.1 Å². The lowest BCUT2D eigenvalue weighted by Crippen LogP contribution is -2.49. The molecule has 0 spiro atoms. The zero-order valence-corrected chi connectivity index (χ0v) is 13.0. The van der Waals surface area contributed by atoms with Gasteiger partial charge >= 0.3 is 0 Å². The summed E-state index contributed by atoms with van der Waals surface area (Å²) in [5.41, 5.74) is 0.730. The molecule has 3 nitrogen and oxygen atoms in total. The molecule has 1 amide bonds. The Kier molecular flexibility index (Phi) is 4.23. The van der Waals surface area contributed by atoms with Crippen LogP contribution in [0.15, 0.2) is 24.3 Å². The standard InChI is InChI=1S/C17H22ClNO2/c18-14-5-3-13(4-6-14)17(9-1-2-10-17)16(21)19-11-7-15(20)8-12-19/h3-6,15,20H,1-2,7-12H2. The Morgan fingerprint density at radius 2 is 1.71 bits per heavy atom. The number of aliphatic hydroxyl groups is 1. The molecule has 3 rings (SSSR count). The number of amides is 1. The molecule has 4 heteroatoms. The summed E-state index contributed by atoms with van der Waals surface area (Å²) in [5, 5.41) is 10.3. The highest BCUT2D eigenvalue weighted by atomic mass is 35.5. The summed E-state index contributed by atoms with van der Waals surface area (Å²) in [4.78, 5) is 15.1. The van der Waals surface area contributed by atoms with E-state index in [0.29, 0.717) is 31.0 Å². The van der Waals surface area contributed by atoms with Gasteiger partial charge in [0.2, 0.25) is 5.91 Å². The van der Waals surface area contributed by atoms with Crippen LogP contribution in [0.2, 0.25) is 5.02 Å². The highest BCUT2D eigenvalue weighted by Crippen LogP contribution is 2.43. The van der Waals surface area contributed by atoms with Crippen LogP contribution >= 0.6 is 11.6 Å². The number of carbonyl (C=O) groups is 1. The molecule has 0 bridgehead atoms. The predicted octanol–water partition coefficient (Wildman–Crippen LogP) is 3.14. The Bertz CT molecular complexity index is 500. The Labute approximate surface area is 130 Å². The van der Waals surface area contributed by atoms with Crippen molar-refractivity contribution in [2.24, 2.45) is 0 Å². The number of rotatable bonds is 2. The van der Waals surface area contributed by atoms with Gasteiger partial charge in [-0.1, -0.05) is 36.6 Å². The van der Waals surface area contributed by atoms with Gasteiger partial charge in [0.1, 0.15) is 0 Å². The van der Waals surface area contributed by atoms with Crippen molar-refractivity contribution in [1.82, 2.24) is 4.90 Å². The number of carbonyl (C=O) groups excluding carboxylic acids is 1. The summed E-state index contributed by atoms with van der Waals surface area (Å²) in [6.45, 7) is 1.35. The van der Waals surface area contributed by atoms with Gasteiger partial charge in [-0.05, 0) is 43.4 Å². The molecule has 1 aliphatic heterocycles. The van der Waals surface area contributed by atoms with E-state index in [1.165, 1.54) is 0 Å². The van der Waals surface area contributed by atoms with Gasteiger partial charge in [0, 0.05) is 18.1 Å². The van der Waals surface area contributed by atoms with Crippen molar-refractivity contribution in [3.8, 4) is 0 Å². The van der Waals surface area contributed by atoms with Gasteiger partial charge in [0.15, 0.2) is 0 Å². The molecular formula is C17H22ClNO2. The molecule has 1 heterocycles. The van der Waals surface area contributed by atoms with E-state index >= 15 is 0 Å². The molecule has 0 unspecified atom stereocenters. The van der Waals surface area contributed by atoms with E-state index in [4.69, 9.17) is 11.6 Å². The zero-order chi connectivity index (χ0) is 14.9. The van der Waals surface area contributed by atoms with Crippen LogP contribution in [0.5, 0.6) is 0 Å². The van der Waals surface area contributed by atoms with E-state index in [9.17, 15) is 9.90 Å². The second-order valence-electron chi connectivity index (χ2n) is 6.32. The number of piperidine rings is 1. The molecule has 1 N–H and O–H groups in total. The van der Waals surface area contributed by atoms with Gasteiger partial charge in [-0.2, -0.15) is 0 Å². The minimum absolute atomic E-state index is 0.245. The van der Waals surface area contributed by atoms with Gasteiger partial charge in [-0.25, -0.2) is 0 Å². The molecule has 2 fully saturated rings. The third-order valence-electron chi connectivity index (χ3n) is 5.01. The van der Waals surface area contributed by atoms with Crippen LogP contribution in [0, 0.1) is 0 Å². The molecule has 1 saturated heterocycles. The van der Waals surface area contributed by atoms with E-state index in [-0.39, 0.29) is 17.4 Å². The third kappa shape index (κ3) is 2.82. The number of likely N-dealkylation sites (tertiary alicyclic amines) is 1. The molecule has 21 heavy (non-hydrogen) atoms. The number of benzene rings is 1. The van der Waals surface area contributed by atoms with Crippen molar-refractivity contribution in [1.29, 1.82) is 0 Å². The molecule has 1 saturated carbocycles. The maximum Gasteiger partial charge on any atom is 0.233 e. The van der Waals surface area contributed by atoms with Crippen LogP contribution in [-0.4, -0.2) is 35.1 Å². The van der Waals surface area contributed by atoms with Gasteiger partial charge in [0.05, 0.1) is 11.5 Å². The molecule has 114 valence electrons. The van der Waals surface area contributed by atoms with Crippen molar-refractivity contribution in [2.45, 2.75) is 50.0 Å². The molecule has 0 radical (unpaired) electrons.